The van der Waals surface area contributed by atoms with Crippen LogP contribution in [0.1, 0.15) is 29.9 Å². The number of hydrogen-bond acceptors (Lipinski definition) is 3. The molecular weight excluding hydrogens is 302 g/mol. The fourth-order valence-electron chi connectivity index (χ4n) is 3.04. The average molecular weight is 325 g/mol. The summed E-state index contributed by atoms with van der Waals surface area (Å²) < 4.78 is 10.9. The molecule has 1 atom stereocenters. The van der Waals surface area contributed by atoms with Gasteiger partial charge in [-0.15, -0.1) is 0 Å². The number of carbonyl (C=O) groups excluding carboxylic acids is 1. The third-order valence-electron chi connectivity index (χ3n) is 4.40. The maximum absolute atomic E-state index is 12.2. The summed E-state index contributed by atoms with van der Waals surface area (Å²) in [6.07, 6.45) is 2.14. The summed E-state index contributed by atoms with van der Waals surface area (Å²) in [6.45, 7) is 1.37. The molecule has 0 spiro atoms. The molecule has 2 aromatic rings. The van der Waals surface area contributed by atoms with Gasteiger partial charge in [0, 0.05) is 18.9 Å². The number of carbonyl (C=O) groups is 1. The molecule has 4 nitrogen and oxygen atoms in total. The number of benzene rings is 2. The van der Waals surface area contributed by atoms with Gasteiger partial charge in [-0.3, -0.25) is 4.79 Å². The molecule has 0 fully saturated rings. The zero-order valence-electron chi connectivity index (χ0n) is 14.0. The SMILES string of the molecule is COc1cccc(CCC(=O)NCC2CCOc3ccccc32)c1. The highest BCUT2D eigenvalue weighted by molar-refractivity contribution is 5.76. The summed E-state index contributed by atoms with van der Waals surface area (Å²) in [5, 5.41) is 3.07. The Labute approximate surface area is 142 Å². The summed E-state index contributed by atoms with van der Waals surface area (Å²) in [6, 6.07) is 15.9. The van der Waals surface area contributed by atoms with Crippen molar-refractivity contribution in [3.63, 3.8) is 0 Å². The van der Waals surface area contributed by atoms with Crippen LogP contribution in [-0.4, -0.2) is 26.2 Å². The first kappa shape index (κ1) is 16.4. The Balaban J connectivity index is 1.49. The summed E-state index contributed by atoms with van der Waals surface area (Å²) in [5.41, 5.74) is 2.30. The topological polar surface area (TPSA) is 47.6 Å². The minimum atomic E-state index is 0.0850. The van der Waals surface area contributed by atoms with Gasteiger partial charge in [0.1, 0.15) is 11.5 Å². The van der Waals surface area contributed by atoms with Crippen molar-refractivity contribution < 1.29 is 14.3 Å². The van der Waals surface area contributed by atoms with Crippen molar-refractivity contribution in [1.82, 2.24) is 5.32 Å². The molecule has 0 bridgehead atoms. The number of amides is 1. The minimum absolute atomic E-state index is 0.0850. The average Bonchev–Trinajstić information content (AvgIpc) is 2.64. The summed E-state index contributed by atoms with van der Waals surface area (Å²) in [7, 11) is 1.65. The van der Waals surface area contributed by atoms with E-state index in [-0.39, 0.29) is 5.91 Å². The Morgan fingerprint density at radius 1 is 1.25 bits per heavy atom. The molecule has 4 heteroatoms. The lowest BCUT2D eigenvalue weighted by Gasteiger charge is -2.26. The molecule has 126 valence electrons. The predicted molar refractivity (Wildman–Crippen MR) is 93.6 cm³/mol. The standard InChI is InChI=1S/C20H23NO3/c1-23-17-6-4-5-15(13-17)9-10-20(22)21-14-16-11-12-24-19-8-3-2-7-18(16)19/h2-8,13,16H,9-12,14H2,1H3,(H,21,22). The summed E-state index contributed by atoms with van der Waals surface area (Å²) in [4.78, 5) is 12.2. The summed E-state index contributed by atoms with van der Waals surface area (Å²) in [5.74, 6) is 2.18. The molecule has 3 rings (SSSR count). The van der Waals surface area contributed by atoms with Crippen molar-refractivity contribution in [2.24, 2.45) is 0 Å². The maximum atomic E-state index is 12.2. The van der Waals surface area contributed by atoms with Crippen LogP contribution in [0.25, 0.3) is 0 Å². The van der Waals surface area contributed by atoms with E-state index in [4.69, 9.17) is 9.47 Å². The molecule has 24 heavy (non-hydrogen) atoms. The van der Waals surface area contributed by atoms with Crippen molar-refractivity contribution in [2.45, 2.75) is 25.2 Å². The Morgan fingerprint density at radius 3 is 3.00 bits per heavy atom. The Morgan fingerprint density at radius 2 is 2.12 bits per heavy atom. The number of aryl methyl sites for hydroxylation is 1. The van der Waals surface area contributed by atoms with Gasteiger partial charge in [0.05, 0.1) is 13.7 Å². The lowest BCUT2D eigenvalue weighted by atomic mass is 9.93. The number of fused-ring (bicyclic) bond motifs is 1. The molecule has 0 saturated heterocycles. The van der Waals surface area contributed by atoms with Crippen molar-refractivity contribution >= 4 is 5.91 Å². The maximum Gasteiger partial charge on any atom is 0.220 e. The first-order chi connectivity index (χ1) is 11.8. The molecule has 0 aromatic heterocycles. The fourth-order valence-corrected chi connectivity index (χ4v) is 3.04. The van der Waals surface area contributed by atoms with Crippen LogP contribution in [0.3, 0.4) is 0 Å². The molecule has 2 aromatic carbocycles. The number of ether oxygens (including phenoxy) is 2. The number of para-hydroxylation sites is 1. The van der Waals surface area contributed by atoms with E-state index in [2.05, 4.69) is 11.4 Å². The Kier molecular flexibility index (Phi) is 5.36. The zero-order valence-corrected chi connectivity index (χ0v) is 14.0. The van der Waals surface area contributed by atoms with Crippen LogP contribution in [0, 0.1) is 0 Å². The van der Waals surface area contributed by atoms with Crippen molar-refractivity contribution in [3.05, 3.63) is 59.7 Å². The van der Waals surface area contributed by atoms with Crippen LogP contribution >= 0.6 is 0 Å². The first-order valence-corrected chi connectivity index (χ1v) is 8.37. The number of rotatable bonds is 6. The molecule has 0 aliphatic carbocycles. The number of methoxy groups -OCH3 is 1. The number of hydrogen-bond donors (Lipinski definition) is 1. The van der Waals surface area contributed by atoms with E-state index in [1.165, 1.54) is 5.56 Å². The molecule has 1 amide bonds. The second-order valence-corrected chi connectivity index (χ2v) is 6.03. The van der Waals surface area contributed by atoms with Gasteiger partial charge in [0.2, 0.25) is 5.91 Å². The van der Waals surface area contributed by atoms with E-state index in [9.17, 15) is 4.79 Å². The van der Waals surface area contributed by atoms with Gasteiger partial charge in [-0.2, -0.15) is 0 Å². The van der Waals surface area contributed by atoms with Gasteiger partial charge in [-0.05, 0) is 42.2 Å². The fraction of sp³-hybridized carbons (Fsp3) is 0.350. The van der Waals surface area contributed by atoms with Gasteiger partial charge in [0.25, 0.3) is 0 Å². The molecule has 1 heterocycles. The first-order valence-electron chi connectivity index (χ1n) is 8.37. The minimum Gasteiger partial charge on any atom is -0.497 e. The van der Waals surface area contributed by atoms with Crippen LogP contribution in [0.4, 0.5) is 0 Å². The van der Waals surface area contributed by atoms with Crippen LogP contribution < -0.4 is 14.8 Å². The largest absolute Gasteiger partial charge is 0.497 e. The summed E-state index contributed by atoms with van der Waals surface area (Å²) >= 11 is 0. The molecule has 1 N–H and O–H groups in total. The predicted octanol–water partition coefficient (Wildman–Crippen LogP) is 3.31. The zero-order chi connectivity index (χ0) is 16.8. The second kappa shape index (κ2) is 7.86. The quantitative estimate of drug-likeness (QED) is 0.886. The van der Waals surface area contributed by atoms with Gasteiger partial charge in [-0.1, -0.05) is 30.3 Å². The monoisotopic (exact) mass is 325 g/mol. The van der Waals surface area contributed by atoms with E-state index < -0.39 is 0 Å². The lowest BCUT2D eigenvalue weighted by Crippen LogP contribution is -2.30. The lowest BCUT2D eigenvalue weighted by molar-refractivity contribution is -0.121. The van der Waals surface area contributed by atoms with Gasteiger partial charge in [-0.25, -0.2) is 0 Å². The third-order valence-corrected chi connectivity index (χ3v) is 4.40. The Hall–Kier alpha value is -2.49. The molecule has 1 unspecified atom stereocenters. The smallest absolute Gasteiger partial charge is 0.220 e. The van der Waals surface area contributed by atoms with E-state index in [1.807, 2.05) is 42.5 Å². The van der Waals surface area contributed by atoms with Crippen molar-refractivity contribution in [1.29, 1.82) is 0 Å². The van der Waals surface area contributed by atoms with Crippen molar-refractivity contribution in [2.75, 3.05) is 20.3 Å². The molecular formula is C20H23NO3. The van der Waals surface area contributed by atoms with Crippen molar-refractivity contribution in [3.8, 4) is 11.5 Å². The molecule has 0 saturated carbocycles. The number of nitrogens with one attached hydrogen (secondary N) is 1. The Bertz CT molecular complexity index is 699. The molecule has 0 radical (unpaired) electrons. The molecule has 1 aliphatic heterocycles. The normalized spacial score (nSPS) is 16.0. The van der Waals surface area contributed by atoms with Crippen LogP contribution in [0.5, 0.6) is 11.5 Å². The van der Waals surface area contributed by atoms with Gasteiger partial charge in [0.15, 0.2) is 0 Å². The van der Waals surface area contributed by atoms with E-state index in [0.717, 1.165) is 23.5 Å². The third kappa shape index (κ3) is 4.07. The molecule has 1 aliphatic rings. The highest BCUT2D eigenvalue weighted by Gasteiger charge is 2.21. The van der Waals surface area contributed by atoms with E-state index in [0.29, 0.717) is 31.9 Å². The highest BCUT2D eigenvalue weighted by atomic mass is 16.5. The van der Waals surface area contributed by atoms with Gasteiger partial charge < -0.3 is 14.8 Å². The second-order valence-electron chi connectivity index (χ2n) is 6.03. The van der Waals surface area contributed by atoms with Crippen LogP contribution in [-0.2, 0) is 11.2 Å². The van der Waals surface area contributed by atoms with E-state index >= 15 is 0 Å². The highest BCUT2D eigenvalue weighted by Crippen LogP contribution is 2.32. The van der Waals surface area contributed by atoms with Crippen LogP contribution in [0.15, 0.2) is 48.5 Å². The van der Waals surface area contributed by atoms with E-state index in [1.54, 1.807) is 7.11 Å². The van der Waals surface area contributed by atoms with Crippen LogP contribution in [0.2, 0.25) is 0 Å². The van der Waals surface area contributed by atoms with Gasteiger partial charge >= 0.3 is 0 Å².